The Morgan fingerprint density at radius 3 is 2.35 bits per heavy atom. The molecule has 0 spiro atoms. The molecule has 2 rings (SSSR count). The number of nitrogens with zero attached hydrogens (tertiary/aromatic N) is 1. The summed E-state index contributed by atoms with van der Waals surface area (Å²) in [6.45, 7) is 0. The van der Waals surface area contributed by atoms with E-state index in [0.29, 0.717) is 11.1 Å². The fourth-order valence-corrected chi connectivity index (χ4v) is 2.66. The molecule has 1 aliphatic carbocycles. The highest BCUT2D eigenvalue weighted by molar-refractivity contribution is 5.99. The summed E-state index contributed by atoms with van der Waals surface area (Å²) >= 11 is 0. The smallest absolute Gasteiger partial charge is 0.253 e. The predicted molar refractivity (Wildman–Crippen MR) is 77.3 cm³/mol. The molecule has 1 fully saturated rings. The van der Waals surface area contributed by atoms with Gasteiger partial charge in [0.25, 0.3) is 5.91 Å². The monoisotopic (exact) mass is 275 g/mol. The second-order valence-electron chi connectivity index (χ2n) is 5.43. The van der Waals surface area contributed by atoms with Crippen LogP contribution in [0.4, 0.5) is 0 Å². The molecule has 1 aliphatic rings. The molecular weight excluding hydrogens is 254 g/mol. The lowest BCUT2D eigenvalue weighted by atomic mass is 9.90. The average Bonchev–Trinajstić information content (AvgIpc) is 2.46. The fraction of sp³-hybridized carbons (Fsp3) is 0.467. The topological polar surface area (TPSA) is 89.4 Å². The van der Waals surface area contributed by atoms with Gasteiger partial charge >= 0.3 is 0 Å². The largest absolute Gasteiger partial charge is 0.366 e. The molecule has 1 saturated carbocycles. The molecule has 0 aromatic heterocycles. The molecule has 0 atom stereocenters. The molecule has 108 valence electrons. The summed E-state index contributed by atoms with van der Waals surface area (Å²) in [5.74, 6) is -0.598. The highest BCUT2D eigenvalue weighted by atomic mass is 16.2. The fourth-order valence-electron chi connectivity index (χ4n) is 2.66. The van der Waals surface area contributed by atoms with Crippen molar-refractivity contribution in [2.24, 2.45) is 11.5 Å². The molecular formula is C15H21N3O2. The van der Waals surface area contributed by atoms with Crippen LogP contribution in [0.1, 0.15) is 46.4 Å². The Hall–Kier alpha value is -1.88. The summed E-state index contributed by atoms with van der Waals surface area (Å²) in [7, 11) is 1.81. The highest BCUT2D eigenvalue weighted by Crippen LogP contribution is 2.22. The quantitative estimate of drug-likeness (QED) is 0.866. The minimum absolute atomic E-state index is 0.0754. The summed E-state index contributed by atoms with van der Waals surface area (Å²) in [4.78, 5) is 25.4. The van der Waals surface area contributed by atoms with Crippen LogP contribution in [-0.4, -0.2) is 35.8 Å². The molecule has 0 radical (unpaired) electrons. The summed E-state index contributed by atoms with van der Waals surface area (Å²) in [5, 5.41) is 0. The molecule has 0 unspecified atom stereocenters. The molecule has 5 nitrogen and oxygen atoms in total. The van der Waals surface area contributed by atoms with E-state index in [1.54, 1.807) is 36.2 Å². The van der Waals surface area contributed by atoms with Crippen LogP contribution >= 0.6 is 0 Å². The normalized spacial score (nSPS) is 22.3. The predicted octanol–water partition coefficient (Wildman–Crippen LogP) is 1.13. The van der Waals surface area contributed by atoms with E-state index >= 15 is 0 Å². The zero-order valence-electron chi connectivity index (χ0n) is 11.7. The molecule has 0 aliphatic heterocycles. The average molecular weight is 275 g/mol. The van der Waals surface area contributed by atoms with Crippen molar-refractivity contribution >= 4 is 11.8 Å². The summed E-state index contributed by atoms with van der Waals surface area (Å²) in [6, 6.07) is 7.03. The van der Waals surface area contributed by atoms with Crippen molar-refractivity contribution < 1.29 is 9.59 Å². The van der Waals surface area contributed by atoms with E-state index in [4.69, 9.17) is 11.5 Å². The van der Waals surface area contributed by atoms with Crippen LogP contribution in [0.25, 0.3) is 0 Å². The van der Waals surface area contributed by atoms with Gasteiger partial charge in [0.05, 0.1) is 0 Å². The Kier molecular flexibility index (Phi) is 4.39. The maximum absolute atomic E-state index is 12.4. The van der Waals surface area contributed by atoms with Gasteiger partial charge in [-0.3, -0.25) is 9.59 Å². The lowest BCUT2D eigenvalue weighted by Crippen LogP contribution is -2.41. The van der Waals surface area contributed by atoms with E-state index < -0.39 is 5.91 Å². The molecule has 5 heteroatoms. The van der Waals surface area contributed by atoms with Crippen molar-refractivity contribution in [3.8, 4) is 0 Å². The first-order valence-electron chi connectivity index (χ1n) is 6.91. The van der Waals surface area contributed by atoms with Crippen molar-refractivity contribution in [1.82, 2.24) is 4.90 Å². The Labute approximate surface area is 118 Å². The summed E-state index contributed by atoms with van der Waals surface area (Å²) in [6.07, 6.45) is 3.76. The Morgan fingerprint density at radius 2 is 1.75 bits per heavy atom. The Morgan fingerprint density at radius 1 is 1.15 bits per heavy atom. The van der Waals surface area contributed by atoms with Crippen molar-refractivity contribution in [2.45, 2.75) is 37.8 Å². The summed E-state index contributed by atoms with van der Waals surface area (Å²) < 4.78 is 0. The van der Waals surface area contributed by atoms with Gasteiger partial charge in [0.1, 0.15) is 0 Å². The van der Waals surface area contributed by atoms with Gasteiger partial charge in [-0.25, -0.2) is 0 Å². The summed E-state index contributed by atoms with van der Waals surface area (Å²) in [5.41, 5.74) is 12.0. The molecule has 1 aromatic carbocycles. The minimum atomic E-state index is -0.522. The highest BCUT2D eigenvalue weighted by Gasteiger charge is 2.25. The maximum atomic E-state index is 12.4. The van der Waals surface area contributed by atoms with Crippen LogP contribution in [0.15, 0.2) is 24.3 Å². The standard InChI is InChI=1S/C15H21N3O2/c1-18(13-7-5-12(16)6-8-13)15(20)11-4-2-3-10(9-11)14(17)19/h2-4,9,12-13H,5-8,16H2,1H3,(H2,17,19). The second-order valence-corrected chi connectivity index (χ2v) is 5.43. The number of nitrogens with two attached hydrogens (primary N) is 2. The van der Waals surface area contributed by atoms with Crippen LogP contribution in [0.2, 0.25) is 0 Å². The first-order valence-corrected chi connectivity index (χ1v) is 6.91. The van der Waals surface area contributed by atoms with Crippen molar-refractivity contribution in [3.05, 3.63) is 35.4 Å². The van der Waals surface area contributed by atoms with E-state index in [2.05, 4.69) is 0 Å². The third kappa shape index (κ3) is 3.17. The minimum Gasteiger partial charge on any atom is -0.366 e. The van der Waals surface area contributed by atoms with E-state index in [9.17, 15) is 9.59 Å². The third-order valence-electron chi connectivity index (χ3n) is 4.00. The number of amides is 2. The van der Waals surface area contributed by atoms with E-state index in [0.717, 1.165) is 25.7 Å². The van der Waals surface area contributed by atoms with Gasteiger partial charge in [-0.05, 0) is 43.9 Å². The first kappa shape index (κ1) is 14.5. The number of primary amides is 1. The van der Waals surface area contributed by atoms with Crippen molar-refractivity contribution in [1.29, 1.82) is 0 Å². The zero-order valence-corrected chi connectivity index (χ0v) is 11.7. The van der Waals surface area contributed by atoms with E-state index in [-0.39, 0.29) is 18.0 Å². The van der Waals surface area contributed by atoms with Crippen molar-refractivity contribution in [3.63, 3.8) is 0 Å². The molecule has 0 saturated heterocycles. The van der Waals surface area contributed by atoms with E-state index in [1.807, 2.05) is 0 Å². The van der Waals surface area contributed by atoms with Gasteiger partial charge in [0, 0.05) is 30.3 Å². The maximum Gasteiger partial charge on any atom is 0.253 e. The number of carbonyl (C=O) groups is 2. The van der Waals surface area contributed by atoms with Crippen LogP contribution < -0.4 is 11.5 Å². The van der Waals surface area contributed by atoms with Crippen LogP contribution in [0, 0.1) is 0 Å². The lowest BCUT2D eigenvalue weighted by molar-refractivity contribution is 0.0690. The van der Waals surface area contributed by atoms with Crippen LogP contribution in [0.3, 0.4) is 0 Å². The molecule has 0 bridgehead atoms. The van der Waals surface area contributed by atoms with Gasteiger partial charge < -0.3 is 16.4 Å². The van der Waals surface area contributed by atoms with Gasteiger partial charge in [-0.2, -0.15) is 0 Å². The molecule has 20 heavy (non-hydrogen) atoms. The number of hydrogen-bond acceptors (Lipinski definition) is 3. The number of carbonyl (C=O) groups excluding carboxylic acids is 2. The van der Waals surface area contributed by atoms with Gasteiger partial charge in [0.2, 0.25) is 5.91 Å². The van der Waals surface area contributed by atoms with Gasteiger partial charge in [-0.1, -0.05) is 6.07 Å². The lowest BCUT2D eigenvalue weighted by Gasteiger charge is -2.33. The van der Waals surface area contributed by atoms with E-state index in [1.165, 1.54) is 0 Å². The Bertz CT molecular complexity index is 508. The van der Waals surface area contributed by atoms with Gasteiger partial charge in [0.15, 0.2) is 0 Å². The Balaban J connectivity index is 2.10. The molecule has 1 aromatic rings. The third-order valence-corrected chi connectivity index (χ3v) is 4.00. The zero-order chi connectivity index (χ0) is 14.7. The number of benzene rings is 1. The first-order chi connectivity index (χ1) is 9.49. The second kappa shape index (κ2) is 6.05. The SMILES string of the molecule is CN(C(=O)c1cccc(C(N)=O)c1)C1CCC(N)CC1. The number of rotatable bonds is 3. The van der Waals surface area contributed by atoms with Gasteiger partial charge in [-0.15, -0.1) is 0 Å². The van der Waals surface area contributed by atoms with Crippen LogP contribution in [-0.2, 0) is 0 Å². The molecule has 2 amide bonds. The molecule has 0 heterocycles. The van der Waals surface area contributed by atoms with Crippen LogP contribution in [0.5, 0.6) is 0 Å². The van der Waals surface area contributed by atoms with Crippen molar-refractivity contribution in [2.75, 3.05) is 7.05 Å². The number of hydrogen-bond donors (Lipinski definition) is 2. The molecule has 4 N–H and O–H groups in total.